The first-order valence-electron chi connectivity index (χ1n) is 8.84. The first-order valence-corrected chi connectivity index (χ1v) is 10.3. The number of nitrogens with one attached hydrogen (secondary N) is 1. The van der Waals surface area contributed by atoms with Gasteiger partial charge in [0.1, 0.15) is 11.6 Å². The van der Waals surface area contributed by atoms with Gasteiger partial charge in [-0.3, -0.25) is 9.59 Å². The van der Waals surface area contributed by atoms with E-state index in [-0.39, 0.29) is 16.7 Å². The quantitative estimate of drug-likeness (QED) is 0.845. The van der Waals surface area contributed by atoms with E-state index in [1.807, 2.05) is 6.92 Å². The smallest absolute Gasteiger partial charge is 0.245 e. The predicted molar refractivity (Wildman–Crippen MR) is 96.9 cm³/mol. The van der Waals surface area contributed by atoms with Crippen molar-refractivity contribution in [3.8, 4) is 0 Å². The van der Waals surface area contributed by atoms with Crippen LogP contribution in [0.5, 0.6) is 0 Å². The van der Waals surface area contributed by atoms with E-state index >= 15 is 0 Å². The molecule has 0 aliphatic carbocycles. The van der Waals surface area contributed by atoms with Crippen molar-refractivity contribution in [2.75, 3.05) is 19.6 Å². The maximum atomic E-state index is 13.1. The molecule has 1 atom stereocenters. The van der Waals surface area contributed by atoms with Gasteiger partial charge in [-0.2, -0.15) is 4.31 Å². The second kappa shape index (κ2) is 6.66. The van der Waals surface area contributed by atoms with Crippen LogP contribution in [-0.2, 0) is 19.6 Å². The molecule has 2 saturated heterocycles. The Bertz CT molecular complexity index is 817. The highest BCUT2D eigenvalue weighted by molar-refractivity contribution is 7.89. The van der Waals surface area contributed by atoms with Crippen molar-refractivity contribution in [2.24, 2.45) is 0 Å². The lowest BCUT2D eigenvalue weighted by atomic mass is 9.97. The number of carbonyl (C=O) groups is 2. The molecule has 2 heterocycles. The van der Waals surface area contributed by atoms with Crippen LogP contribution in [0.1, 0.15) is 32.3 Å². The minimum absolute atomic E-state index is 0.193. The Morgan fingerprint density at radius 2 is 1.85 bits per heavy atom. The molecule has 0 saturated carbocycles. The average molecular weight is 379 g/mol. The van der Waals surface area contributed by atoms with E-state index in [2.05, 4.69) is 5.32 Å². The van der Waals surface area contributed by atoms with E-state index in [9.17, 15) is 18.0 Å². The highest BCUT2D eigenvalue weighted by atomic mass is 32.2. The molecule has 0 bridgehead atoms. The maximum absolute atomic E-state index is 13.1. The van der Waals surface area contributed by atoms with E-state index in [4.69, 9.17) is 0 Å². The lowest BCUT2D eigenvalue weighted by molar-refractivity contribution is -0.151. The van der Waals surface area contributed by atoms with Crippen LogP contribution in [0, 0.1) is 6.92 Å². The monoisotopic (exact) mass is 379 g/mol. The van der Waals surface area contributed by atoms with E-state index in [1.54, 1.807) is 38.1 Å². The van der Waals surface area contributed by atoms with Crippen LogP contribution in [0.25, 0.3) is 0 Å². The van der Waals surface area contributed by atoms with Crippen LogP contribution in [0.3, 0.4) is 0 Å². The van der Waals surface area contributed by atoms with Crippen molar-refractivity contribution in [1.29, 1.82) is 0 Å². The lowest BCUT2D eigenvalue weighted by Gasteiger charge is -2.43. The molecule has 142 valence electrons. The molecular formula is C18H25N3O4S. The molecule has 2 fully saturated rings. The van der Waals surface area contributed by atoms with Crippen molar-refractivity contribution < 1.29 is 18.0 Å². The van der Waals surface area contributed by atoms with Gasteiger partial charge in [0.05, 0.1) is 4.90 Å². The van der Waals surface area contributed by atoms with E-state index in [0.717, 1.165) is 5.56 Å². The van der Waals surface area contributed by atoms with Gasteiger partial charge in [0.2, 0.25) is 21.8 Å². The number of benzene rings is 1. The SMILES string of the molecule is Cc1ccc(S(=O)(=O)N2CCCC2C(=O)N2CCNC(=O)C2(C)C)cc1. The molecule has 2 amide bonds. The Hall–Kier alpha value is -1.93. The summed E-state index contributed by atoms with van der Waals surface area (Å²) in [7, 11) is -3.75. The summed E-state index contributed by atoms with van der Waals surface area (Å²) in [4.78, 5) is 27.0. The largest absolute Gasteiger partial charge is 0.352 e. The third-order valence-corrected chi connectivity index (χ3v) is 7.16. The van der Waals surface area contributed by atoms with Crippen LogP contribution in [0.15, 0.2) is 29.2 Å². The summed E-state index contributed by atoms with van der Waals surface area (Å²) in [6.45, 7) is 6.34. The minimum Gasteiger partial charge on any atom is -0.352 e. The van der Waals surface area contributed by atoms with Crippen molar-refractivity contribution in [2.45, 2.75) is 50.1 Å². The lowest BCUT2D eigenvalue weighted by Crippen LogP contribution is -2.65. The van der Waals surface area contributed by atoms with Gasteiger partial charge in [0.15, 0.2) is 0 Å². The van der Waals surface area contributed by atoms with Crippen molar-refractivity contribution in [1.82, 2.24) is 14.5 Å². The number of amides is 2. The fraction of sp³-hybridized carbons (Fsp3) is 0.556. The fourth-order valence-electron chi connectivity index (χ4n) is 3.59. The number of nitrogens with zero attached hydrogens (tertiary/aromatic N) is 2. The topological polar surface area (TPSA) is 86.8 Å². The van der Waals surface area contributed by atoms with Gasteiger partial charge in [-0.25, -0.2) is 8.42 Å². The van der Waals surface area contributed by atoms with Crippen LogP contribution in [0.2, 0.25) is 0 Å². The van der Waals surface area contributed by atoms with Crippen molar-refractivity contribution in [3.63, 3.8) is 0 Å². The molecule has 1 unspecified atom stereocenters. The van der Waals surface area contributed by atoms with Crippen molar-refractivity contribution in [3.05, 3.63) is 29.8 Å². The summed E-state index contributed by atoms with van der Waals surface area (Å²) in [6, 6.07) is 5.88. The van der Waals surface area contributed by atoms with Gasteiger partial charge in [0, 0.05) is 19.6 Å². The number of hydrogen-bond acceptors (Lipinski definition) is 4. The Morgan fingerprint density at radius 3 is 2.50 bits per heavy atom. The molecule has 2 aliphatic heterocycles. The molecule has 0 aromatic heterocycles. The summed E-state index contributed by atoms with van der Waals surface area (Å²) >= 11 is 0. The minimum atomic E-state index is -3.75. The predicted octanol–water partition coefficient (Wildman–Crippen LogP) is 0.885. The van der Waals surface area contributed by atoms with E-state index in [0.29, 0.717) is 32.5 Å². The number of rotatable bonds is 3. The third kappa shape index (κ3) is 3.12. The molecule has 2 aliphatic rings. The second-order valence-electron chi connectivity index (χ2n) is 7.39. The Balaban J connectivity index is 1.89. The molecule has 0 radical (unpaired) electrons. The Kier molecular flexibility index (Phi) is 4.83. The molecule has 8 heteroatoms. The standard InChI is InChI=1S/C18H25N3O4S/c1-13-6-8-14(9-7-13)26(24,25)21-11-4-5-15(21)16(22)20-12-10-19-17(23)18(20,2)3/h6-9,15H,4-5,10-12H2,1-3H3,(H,19,23). The highest BCUT2D eigenvalue weighted by Gasteiger charge is 2.47. The molecule has 3 rings (SSSR count). The van der Waals surface area contributed by atoms with Gasteiger partial charge >= 0.3 is 0 Å². The summed E-state index contributed by atoms with van der Waals surface area (Å²) < 4.78 is 27.4. The molecule has 1 aromatic rings. The van der Waals surface area contributed by atoms with Gasteiger partial charge < -0.3 is 10.2 Å². The van der Waals surface area contributed by atoms with Crippen LogP contribution < -0.4 is 5.32 Å². The zero-order valence-electron chi connectivity index (χ0n) is 15.4. The molecule has 1 N–H and O–H groups in total. The van der Waals surface area contributed by atoms with Gasteiger partial charge in [0.25, 0.3) is 0 Å². The summed E-state index contributed by atoms with van der Waals surface area (Å²) in [5.41, 5.74) is -0.0175. The number of aryl methyl sites for hydroxylation is 1. The zero-order chi connectivity index (χ0) is 19.1. The molecular weight excluding hydrogens is 354 g/mol. The van der Waals surface area contributed by atoms with Gasteiger partial charge in [-0.05, 0) is 45.7 Å². The highest BCUT2D eigenvalue weighted by Crippen LogP contribution is 2.30. The summed E-state index contributed by atoms with van der Waals surface area (Å²) in [5.74, 6) is -0.513. The van der Waals surface area contributed by atoms with Crippen molar-refractivity contribution >= 4 is 21.8 Å². The first kappa shape index (κ1) is 18.8. The Labute approximate surface area is 154 Å². The van der Waals surface area contributed by atoms with E-state index in [1.165, 1.54) is 9.21 Å². The van der Waals surface area contributed by atoms with Crippen LogP contribution in [0.4, 0.5) is 0 Å². The number of sulfonamides is 1. The van der Waals surface area contributed by atoms with Crippen LogP contribution >= 0.6 is 0 Å². The summed E-state index contributed by atoms with van der Waals surface area (Å²) in [5, 5.41) is 2.76. The maximum Gasteiger partial charge on any atom is 0.245 e. The molecule has 7 nitrogen and oxygen atoms in total. The molecule has 1 aromatic carbocycles. The third-order valence-electron chi connectivity index (χ3n) is 5.23. The van der Waals surface area contributed by atoms with Gasteiger partial charge in [-0.1, -0.05) is 17.7 Å². The fourth-order valence-corrected chi connectivity index (χ4v) is 5.24. The molecule has 26 heavy (non-hydrogen) atoms. The Morgan fingerprint density at radius 1 is 1.19 bits per heavy atom. The zero-order valence-corrected chi connectivity index (χ0v) is 16.2. The van der Waals surface area contributed by atoms with E-state index < -0.39 is 21.6 Å². The second-order valence-corrected chi connectivity index (χ2v) is 9.28. The molecule has 0 spiro atoms. The average Bonchev–Trinajstić information content (AvgIpc) is 3.08. The normalized spacial score (nSPS) is 23.7. The van der Waals surface area contributed by atoms with Gasteiger partial charge in [-0.15, -0.1) is 0 Å². The van der Waals surface area contributed by atoms with Crippen LogP contribution in [-0.4, -0.2) is 60.7 Å². The summed E-state index contributed by atoms with van der Waals surface area (Å²) in [6.07, 6.45) is 1.10. The number of piperazine rings is 1. The first-order chi connectivity index (χ1) is 12.2. The number of carbonyl (C=O) groups excluding carboxylic acids is 2. The number of hydrogen-bond donors (Lipinski definition) is 1.